The lowest BCUT2D eigenvalue weighted by Gasteiger charge is -2.23. The molecule has 0 aliphatic carbocycles. The Hall–Kier alpha value is -14.0. The molecule has 4 unspecified atom stereocenters. The number of ether oxygens (including phenoxy) is 12. The number of carbonyl (C=O) groups excluding carboxylic acids is 4. The van der Waals surface area contributed by atoms with Crippen LogP contribution in [0.15, 0.2) is 261 Å². The molecule has 132 heavy (non-hydrogen) atoms. The zero-order chi connectivity index (χ0) is 93.7. The highest BCUT2D eigenvalue weighted by molar-refractivity contribution is 5.94. The van der Waals surface area contributed by atoms with Gasteiger partial charge in [-0.15, -0.1) is 0 Å². The summed E-state index contributed by atoms with van der Waals surface area (Å²) in [7, 11) is 6.55. The highest BCUT2D eigenvalue weighted by Gasteiger charge is 2.29. The van der Waals surface area contributed by atoms with Crippen molar-refractivity contribution >= 4 is 46.4 Å². The van der Waals surface area contributed by atoms with E-state index in [0.29, 0.717) is 140 Å². The minimum atomic E-state index is -0.146. The second-order valence-electron chi connectivity index (χ2n) is 37.1. The van der Waals surface area contributed by atoms with Crippen molar-refractivity contribution in [1.82, 2.24) is 4.98 Å². The van der Waals surface area contributed by atoms with Crippen molar-refractivity contribution in [3.05, 3.63) is 328 Å². The molecular formula is C111H123N5O16. The lowest BCUT2D eigenvalue weighted by molar-refractivity contribution is -0.117. The van der Waals surface area contributed by atoms with E-state index in [1.165, 1.54) is 22.3 Å². The maximum absolute atomic E-state index is 13.1. The van der Waals surface area contributed by atoms with Crippen LogP contribution in [0.25, 0.3) is 0 Å². The van der Waals surface area contributed by atoms with Gasteiger partial charge in [0.15, 0.2) is 46.0 Å². The summed E-state index contributed by atoms with van der Waals surface area (Å²) in [4.78, 5) is 56.7. The Kier molecular flexibility index (Phi) is 31.6. The number of nitrogens with zero attached hydrogens (tertiary/aromatic N) is 1. The molecule has 688 valence electrons. The number of hydrogen-bond acceptors (Lipinski definition) is 17. The van der Waals surface area contributed by atoms with E-state index in [1.807, 2.05) is 152 Å². The van der Waals surface area contributed by atoms with Gasteiger partial charge in [-0.25, -0.2) is 4.98 Å². The van der Waals surface area contributed by atoms with Crippen LogP contribution in [0.3, 0.4) is 0 Å². The minimum Gasteiger partial charge on any atom is -0.497 e. The van der Waals surface area contributed by atoms with Crippen molar-refractivity contribution in [2.45, 2.75) is 154 Å². The molecule has 21 heteroatoms. The number of para-hydroxylation sites is 1. The summed E-state index contributed by atoms with van der Waals surface area (Å²) in [5, 5.41) is 12.1. The van der Waals surface area contributed by atoms with Gasteiger partial charge in [0.1, 0.15) is 70.1 Å². The Morgan fingerprint density at radius 2 is 0.576 bits per heavy atom. The Labute approximate surface area is 776 Å². The lowest BCUT2D eigenvalue weighted by Crippen LogP contribution is -2.18. The van der Waals surface area contributed by atoms with Gasteiger partial charge in [-0.2, -0.15) is 0 Å². The molecule has 0 spiro atoms. The Morgan fingerprint density at radius 3 is 0.886 bits per heavy atom. The van der Waals surface area contributed by atoms with Crippen molar-refractivity contribution < 1.29 is 76.0 Å². The molecule has 0 fully saturated rings. The average molecular weight is 1780 g/mol. The zero-order valence-corrected chi connectivity index (χ0v) is 78.6. The van der Waals surface area contributed by atoms with Crippen LogP contribution < -0.4 is 78.1 Å². The van der Waals surface area contributed by atoms with Crippen LogP contribution in [-0.4, -0.2) is 110 Å². The summed E-state index contributed by atoms with van der Waals surface area (Å²) in [5.74, 6) is 7.51. The smallest absolute Gasteiger partial charge is 0.225 e. The van der Waals surface area contributed by atoms with Gasteiger partial charge in [-0.3, -0.25) is 19.2 Å². The van der Waals surface area contributed by atoms with Gasteiger partial charge in [0, 0.05) is 114 Å². The van der Waals surface area contributed by atoms with Crippen LogP contribution >= 0.6 is 0 Å². The predicted molar refractivity (Wildman–Crippen MR) is 520 cm³/mol. The number of aromatic nitrogens is 1. The van der Waals surface area contributed by atoms with Gasteiger partial charge >= 0.3 is 0 Å². The molecule has 0 radical (unpaired) electrons. The Morgan fingerprint density at radius 1 is 0.280 bits per heavy atom. The highest BCUT2D eigenvalue weighted by atomic mass is 16.6. The number of benzene rings is 11. The second-order valence-corrected chi connectivity index (χ2v) is 37.1. The van der Waals surface area contributed by atoms with Gasteiger partial charge in [0.05, 0.1) is 28.4 Å². The third-order valence-corrected chi connectivity index (χ3v) is 23.5. The van der Waals surface area contributed by atoms with Gasteiger partial charge < -0.3 is 78.1 Å². The highest BCUT2D eigenvalue weighted by Crippen LogP contribution is 2.43. The van der Waals surface area contributed by atoms with E-state index in [2.05, 4.69) is 206 Å². The third-order valence-electron chi connectivity index (χ3n) is 23.5. The van der Waals surface area contributed by atoms with Gasteiger partial charge in [-0.05, 0) is 162 Å². The maximum atomic E-state index is 13.1. The number of anilines is 4. The number of rotatable bonds is 24. The number of nitrogens with one attached hydrogen (secondary N) is 4. The van der Waals surface area contributed by atoms with E-state index in [0.717, 1.165) is 61.8 Å². The fourth-order valence-electron chi connectivity index (χ4n) is 16.0. The van der Waals surface area contributed by atoms with E-state index in [-0.39, 0.29) is 81.8 Å². The molecule has 1 aromatic heterocycles. The summed E-state index contributed by atoms with van der Waals surface area (Å²) in [5.41, 5.74) is 16.4. The molecular weight excluding hydrogens is 1660 g/mol. The SMILES string of the molecule is COc1ccc(C(CC(=O)Nc2ccc3c(c2)OCCO3)c2ccc(C(C)(C)C)cc2)cc1.COc1ccc(C(CC(=O)Nc2ccc3c(c2)OCCO3)c2ccc(C(C)(C)C)cc2)cn1.COc1cccc(C(CC(=O)Nc2ccc3c(c2)OCCO3)c2ccc(C(C)(C)C)cc2)c1.COc1ccccc1C(CC(=O)Nc1ccc2c(c1)OCCO2)c1ccc(C(C)(C)C)cc1. The fraction of sp³-hybridized carbons (Fsp3) is 0.324. The maximum Gasteiger partial charge on any atom is 0.225 e. The van der Waals surface area contributed by atoms with Crippen molar-refractivity contribution in [3.8, 4) is 69.1 Å². The van der Waals surface area contributed by atoms with E-state index in [1.54, 1.807) is 40.7 Å². The number of pyridine rings is 1. The topological polar surface area (TPSA) is 240 Å². The summed E-state index contributed by atoms with van der Waals surface area (Å²) in [6, 6.07) is 83.5. The first-order valence-electron chi connectivity index (χ1n) is 45.0. The van der Waals surface area contributed by atoms with Gasteiger partial charge in [0.2, 0.25) is 29.5 Å². The molecule has 4 aliphatic rings. The molecule has 12 aromatic rings. The fourth-order valence-corrected chi connectivity index (χ4v) is 16.0. The van der Waals surface area contributed by atoms with Crippen LogP contribution in [0.4, 0.5) is 22.7 Å². The normalized spacial score (nSPS) is 13.8. The average Bonchev–Trinajstić information content (AvgIpc) is 0.808. The monoisotopic (exact) mass is 1780 g/mol. The molecule has 4 atom stereocenters. The Bertz CT molecular complexity index is 5700. The van der Waals surface area contributed by atoms with Crippen LogP contribution in [-0.2, 0) is 40.8 Å². The van der Waals surface area contributed by atoms with Gasteiger partial charge in [-0.1, -0.05) is 229 Å². The molecule has 5 heterocycles. The molecule has 16 rings (SSSR count). The molecule has 4 N–H and O–H groups in total. The van der Waals surface area contributed by atoms with Crippen molar-refractivity contribution in [1.29, 1.82) is 0 Å². The minimum absolute atomic E-state index is 0.0608. The van der Waals surface area contributed by atoms with Crippen LogP contribution in [0.2, 0.25) is 0 Å². The van der Waals surface area contributed by atoms with Crippen LogP contribution in [0, 0.1) is 0 Å². The lowest BCUT2D eigenvalue weighted by atomic mass is 9.83. The molecule has 4 aliphatic heterocycles. The number of hydrogen-bond donors (Lipinski definition) is 4. The Balaban J connectivity index is 0.000000150. The first kappa shape index (κ1) is 95.6. The van der Waals surface area contributed by atoms with Crippen molar-refractivity contribution in [3.63, 3.8) is 0 Å². The zero-order valence-electron chi connectivity index (χ0n) is 78.6. The van der Waals surface area contributed by atoms with E-state index >= 15 is 0 Å². The summed E-state index contributed by atoms with van der Waals surface area (Å²) < 4.78 is 66.4. The summed E-state index contributed by atoms with van der Waals surface area (Å²) >= 11 is 0. The molecule has 21 nitrogen and oxygen atoms in total. The van der Waals surface area contributed by atoms with E-state index in [9.17, 15) is 19.2 Å². The van der Waals surface area contributed by atoms with Gasteiger partial charge in [0.25, 0.3) is 0 Å². The first-order chi connectivity index (χ1) is 63.3. The summed E-state index contributed by atoms with van der Waals surface area (Å²) in [6.07, 6.45) is 2.95. The number of amides is 4. The molecule has 0 saturated carbocycles. The second kappa shape index (κ2) is 43.6. The van der Waals surface area contributed by atoms with Crippen molar-refractivity contribution in [2.24, 2.45) is 0 Å². The number of fused-ring (bicyclic) bond motifs is 4. The molecule has 0 saturated heterocycles. The number of carbonyl (C=O) groups is 4. The quantitative estimate of drug-likeness (QED) is 0.0440. The predicted octanol–water partition coefficient (Wildman–Crippen LogP) is 23.1. The molecule has 0 bridgehead atoms. The van der Waals surface area contributed by atoms with E-state index in [4.69, 9.17) is 56.8 Å². The standard InChI is InChI=1S/3C28H31NO4.C27H30N2O4/c1-28(2,3)21-9-5-19(6-10-21)24(20-7-12-23(31-4)13-8-20)18-27(30)29-22-11-14-25-26(17-22)33-16-15-32-25;1-28(2,3)21-10-8-19(9-11-21)24(20-6-5-7-23(16-20)31-4)18-27(30)29-22-12-13-25-26(17-22)33-15-14-32-25;1-28(2,3)20-11-9-19(10-12-20)23(22-7-5-6-8-24(22)31-4)18-27(30)29-21-13-14-25-26(17-21)33-16-15-32-25;1-27(2,3)20-8-5-18(6-9-20)22(19-7-12-26(31-4)28-17-19)16-25(30)29-21-10-11-23-24(15-21)33-14-13-32-23/h5-14,17,24H,15-16,18H2,1-4H3,(H,29,30);5-13,16-17,24H,14-15,18H2,1-4H3,(H,29,30);5-14,17,23H,15-16,18H2,1-4H3,(H,29,30);5-12,15,17,22H,13-14,16H2,1-4H3,(H,29,30). The van der Waals surface area contributed by atoms with Crippen LogP contribution in [0.1, 0.15) is 199 Å². The molecule has 11 aromatic carbocycles. The third kappa shape index (κ3) is 26.0. The van der Waals surface area contributed by atoms with Crippen molar-refractivity contribution in [2.75, 3.05) is 103 Å². The largest absolute Gasteiger partial charge is 0.497 e. The number of methoxy groups -OCH3 is 4. The van der Waals surface area contributed by atoms with Crippen LogP contribution in [0.5, 0.6) is 69.1 Å². The van der Waals surface area contributed by atoms with E-state index < -0.39 is 0 Å². The molecule has 4 amide bonds. The first-order valence-corrected chi connectivity index (χ1v) is 45.0. The summed E-state index contributed by atoms with van der Waals surface area (Å²) in [6.45, 7) is 30.5.